The molecule has 0 spiro atoms. The maximum atomic E-state index is 13.2. The van der Waals surface area contributed by atoms with Crippen LogP contribution < -0.4 is 15.5 Å². The lowest BCUT2D eigenvalue weighted by Gasteiger charge is -2.49. The predicted octanol–water partition coefficient (Wildman–Crippen LogP) is -1.81. The highest BCUT2D eigenvalue weighted by molar-refractivity contribution is 5.82. The van der Waals surface area contributed by atoms with Crippen LogP contribution in [0.1, 0.15) is 20.8 Å². The number of aliphatic hydroxyl groups excluding tert-OH is 7. The molecule has 18 heteroatoms. The van der Waals surface area contributed by atoms with Crippen molar-refractivity contribution >= 4 is 16.9 Å². The average Bonchev–Trinajstić information content (AvgIpc) is 3.13. The van der Waals surface area contributed by atoms with Gasteiger partial charge in [-0.3, -0.25) is 9.59 Å². The molecular weight excluding hydrogens is 706 g/mol. The van der Waals surface area contributed by atoms with Crippen LogP contribution in [-0.2, 0) is 28.5 Å². The van der Waals surface area contributed by atoms with Gasteiger partial charge in [-0.05, 0) is 43.7 Å². The summed E-state index contributed by atoms with van der Waals surface area (Å²) in [6.07, 6.45) is -19.6. The number of ether oxygens (including phenoxy) is 6. The van der Waals surface area contributed by atoms with Crippen molar-refractivity contribution in [3.05, 3.63) is 59.0 Å². The number of phenolic OH excluding ortho intramolecular Hbond substituents is 1. The Balaban J connectivity index is 1.19. The molecule has 3 saturated heterocycles. The van der Waals surface area contributed by atoms with Gasteiger partial charge in [-0.2, -0.15) is 0 Å². The fourth-order valence-corrected chi connectivity index (χ4v) is 6.59. The zero-order chi connectivity index (χ0) is 38.3. The van der Waals surface area contributed by atoms with Crippen LogP contribution in [0.25, 0.3) is 22.1 Å². The van der Waals surface area contributed by atoms with Gasteiger partial charge in [-0.15, -0.1) is 0 Å². The van der Waals surface area contributed by atoms with Crippen LogP contribution in [-0.4, -0.2) is 145 Å². The summed E-state index contributed by atoms with van der Waals surface area (Å²) >= 11 is 0. The van der Waals surface area contributed by atoms with E-state index in [0.29, 0.717) is 5.56 Å². The standard InChI is InChI=1S/C35H43NO17/c1-13-24(40)28(44)29(45)34(48-13)52-31-22(11-37)51-33(23(27(31)43)36-15(3)38)53-32-25(41)14(2)49-35(30(32)46)50-18-8-9-19-21(10-18)47-12-20(26(19)42)16-4-6-17(39)7-5-16/h4-10,12-14,22-25,27-35,37,39-41,43-46H,11H2,1-3H3,(H,36,38)/t13-,14-,22+,23+,24-,25-,27+,28+,29+,30+,31+,32+,33-,34-,35-/m0/s1. The molecule has 0 saturated carbocycles. The molecule has 53 heavy (non-hydrogen) atoms. The lowest BCUT2D eigenvalue weighted by Crippen LogP contribution is -2.69. The van der Waals surface area contributed by atoms with E-state index in [1.54, 1.807) is 12.1 Å². The first kappa shape index (κ1) is 38.9. The maximum absolute atomic E-state index is 13.2. The molecule has 0 aliphatic carbocycles. The third-order valence-corrected chi connectivity index (χ3v) is 9.57. The topological polar surface area (TPSA) is 277 Å². The van der Waals surface area contributed by atoms with Crippen LogP contribution in [0, 0.1) is 0 Å². The Morgan fingerprint density at radius 3 is 2.11 bits per heavy atom. The van der Waals surface area contributed by atoms with Crippen molar-refractivity contribution < 1.29 is 78.5 Å². The van der Waals surface area contributed by atoms with Crippen LogP contribution >= 0.6 is 0 Å². The Bertz CT molecular complexity index is 1790. The zero-order valence-corrected chi connectivity index (χ0v) is 28.7. The number of amides is 1. The highest BCUT2D eigenvalue weighted by Gasteiger charge is 2.53. The van der Waals surface area contributed by atoms with Crippen molar-refractivity contribution in [2.75, 3.05) is 6.61 Å². The Morgan fingerprint density at radius 2 is 1.43 bits per heavy atom. The van der Waals surface area contributed by atoms with E-state index in [1.807, 2.05) is 0 Å². The molecule has 3 fully saturated rings. The quantitative estimate of drug-likeness (QED) is 0.117. The van der Waals surface area contributed by atoms with Crippen LogP contribution in [0.2, 0.25) is 0 Å². The molecule has 1 amide bonds. The summed E-state index contributed by atoms with van der Waals surface area (Å²) in [5.74, 6) is -0.489. The van der Waals surface area contributed by atoms with Crippen molar-refractivity contribution in [3.8, 4) is 22.6 Å². The van der Waals surface area contributed by atoms with E-state index in [0.717, 1.165) is 6.92 Å². The van der Waals surface area contributed by atoms with Gasteiger partial charge < -0.3 is 79.0 Å². The van der Waals surface area contributed by atoms with E-state index in [9.17, 15) is 50.4 Å². The van der Waals surface area contributed by atoms with Crippen molar-refractivity contribution in [2.24, 2.45) is 0 Å². The normalized spacial score (nSPS) is 37.7. The summed E-state index contributed by atoms with van der Waals surface area (Å²) < 4.78 is 40.5. The fraction of sp³-hybridized carbons (Fsp3) is 0.543. The molecule has 0 bridgehead atoms. The summed E-state index contributed by atoms with van der Waals surface area (Å²) in [6.45, 7) is 3.27. The Morgan fingerprint density at radius 1 is 0.774 bits per heavy atom. The molecule has 0 unspecified atom stereocenters. The van der Waals surface area contributed by atoms with Gasteiger partial charge in [0, 0.05) is 13.0 Å². The second-order valence-corrected chi connectivity index (χ2v) is 13.3. The van der Waals surface area contributed by atoms with Crippen molar-refractivity contribution in [3.63, 3.8) is 0 Å². The predicted molar refractivity (Wildman–Crippen MR) is 178 cm³/mol. The number of hydrogen-bond donors (Lipinski definition) is 9. The van der Waals surface area contributed by atoms with Gasteiger partial charge >= 0.3 is 0 Å². The number of fused-ring (bicyclic) bond motifs is 1. The number of phenols is 1. The van der Waals surface area contributed by atoms with Gasteiger partial charge in [-0.1, -0.05) is 12.1 Å². The molecular formula is C35H43NO17. The molecule has 1 aromatic heterocycles. The summed E-state index contributed by atoms with van der Waals surface area (Å²) in [4.78, 5) is 25.5. The van der Waals surface area contributed by atoms with Crippen LogP contribution in [0.15, 0.2) is 57.9 Å². The molecule has 18 nitrogen and oxygen atoms in total. The number of benzene rings is 2. The number of rotatable bonds is 9. The summed E-state index contributed by atoms with van der Waals surface area (Å²) in [5, 5.41) is 87.1. The molecule has 2 aromatic carbocycles. The molecule has 290 valence electrons. The average molecular weight is 750 g/mol. The minimum Gasteiger partial charge on any atom is -0.508 e. The lowest BCUT2D eigenvalue weighted by atomic mass is 9.94. The molecule has 9 N–H and O–H groups in total. The number of carbonyl (C=O) groups excluding carboxylic acids is 1. The number of carbonyl (C=O) groups is 1. The summed E-state index contributed by atoms with van der Waals surface area (Å²) in [5.41, 5.74) is 0.615. The molecule has 3 aliphatic rings. The van der Waals surface area contributed by atoms with E-state index >= 15 is 0 Å². The highest BCUT2D eigenvalue weighted by atomic mass is 16.7. The van der Waals surface area contributed by atoms with Gasteiger partial charge in [0.25, 0.3) is 0 Å². The van der Waals surface area contributed by atoms with E-state index in [-0.39, 0.29) is 33.5 Å². The second kappa shape index (κ2) is 15.9. The largest absolute Gasteiger partial charge is 0.508 e. The third-order valence-electron chi connectivity index (χ3n) is 9.57. The first-order chi connectivity index (χ1) is 25.2. The number of aromatic hydroxyl groups is 1. The second-order valence-electron chi connectivity index (χ2n) is 13.3. The van der Waals surface area contributed by atoms with Crippen molar-refractivity contribution in [2.45, 2.75) is 113 Å². The lowest BCUT2D eigenvalue weighted by molar-refractivity contribution is -0.361. The summed E-state index contributed by atoms with van der Waals surface area (Å²) in [7, 11) is 0. The SMILES string of the molecule is CC(=O)N[C@H]1[C@H](O[C@@H]2[C@@H](O)[C@H](C)O[C@@H](Oc3ccc4c(=O)c(-c5ccc(O)cc5)coc4c3)[C@@H]2O)O[C@H](CO)[C@@H](O[C@@H]2O[C@@H](C)[C@H](O)[C@@H](O)[C@H]2O)[C@@H]1O. The Labute approximate surface area is 301 Å². The van der Waals surface area contributed by atoms with Gasteiger partial charge in [-0.25, -0.2) is 0 Å². The maximum Gasteiger partial charge on any atom is 0.229 e. The van der Waals surface area contributed by atoms with E-state index < -0.39 is 105 Å². The van der Waals surface area contributed by atoms with Crippen LogP contribution in [0.5, 0.6) is 11.5 Å². The Hall–Kier alpha value is -3.76. The molecule has 3 aliphatic heterocycles. The van der Waals surface area contributed by atoms with Gasteiger partial charge in [0.2, 0.25) is 12.2 Å². The smallest absolute Gasteiger partial charge is 0.229 e. The van der Waals surface area contributed by atoms with Gasteiger partial charge in [0.1, 0.15) is 84.3 Å². The minimum absolute atomic E-state index is 0.0398. The van der Waals surface area contributed by atoms with Crippen molar-refractivity contribution in [1.82, 2.24) is 5.32 Å². The molecule has 6 rings (SSSR count). The fourth-order valence-electron chi connectivity index (χ4n) is 6.59. The highest BCUT2D eigenvalue weighted by Crippen LogP contribution is 2.34. The monoisotopic (exact) mass is 749 g/mol. The first-order valence-electron chi connectivity index (χ1n) is 16.9. The molecule has 0 radical (unpaired) electrons. The van der Waals surface area contributed by atoms with Gasteiger partial charge in [0.15, 0.2) is 18.0 Å². The zero-order valence-electron chi connectivity index (χ0n) is 28.7. The van der Waals surface area contributed by atoms with E-state index in [4.69, 9.17) is 32.8 Å². The van der Waals surface area contributed by atoms with Crippen LogP contribution in [0.3, 0.4) is 0 Å². The number of hydrogen-bond acceptors (Lipinski definition) is 17. The molecule has 15 atom stereocenters. The molecule has 4 heterocycles. The third kappa shape index (κ3) is 7.90. The number of nitrogens with one attached hydrogen (secondary N) is 1. The minimum atomic E-state index is -1.76. The molecule has 3 aromatic rings. The number of aliphatic hydroxyl groups is 7. The summed E-state index contributed by atoms with van der Waals surface area (Å²) in [6, 6.07) is 8.92. The van der Waals surface area contributed by atoms with Crippen molar-refractivity contribution in [1.29, 1.82) is 0 Å². The Kier molecular flexibility index (Phi) is 11.7. The van der Waals surface area contributed by atoms with Crippen LogP contribution in [0.4, 0.5) is 0 Å². The first-order valence-corrected chi connectivity index (χ1v) is 16.9. The van der Waals surface area contributed by atoms with Gasteiger partial charge in [0.05, 0.1) is 29.8 Å². The van der Waals surface area contributed by atoms with E-state index in [1.165, 1.54) is 50.4 Å². The van der Waals surface area contributed by atoms with E-state index in [2.05, 4.69) is 5.32 Å².